The van der Waals surface area contributed by atoms with Crippen molar-refractivity contribution in [1.29, 1.82) is 0 Å². The predicted molar refractivity (Wildman–Crippen MR) is 110 cm³/mol. The molecular weight excluding hydrogens is 435 g/mol. The highest BCUT2D eigenvalue weighted by molar-refractivity contribution is 7.89. The van der Waals surface area contributed by atoms with Crippen LogP contribution in [0.25, 0.3) is 11.1 Å². The number of nitrogens with zero attached hydrogens (tertiary/aromatic N) is 1. The lowest BCUT2D eigenvalue weighted by Gasteiger charge is -2.14. The molecule has 30 heavy (non-hydrogen) atoms. The second kappa shape index (κ2) is 8.68. The molecule has 0 saturated carbocycles. The van der Waals surface area contributed by atoms with E-state index in [-0.39, 0.29) is 17.4 Å². The maximum atomic E-state index is 15.1. The normalized spacial score (nSPS) is 11.1. The van der Waals surface area contributed by atoms with E-state index in [0.717, 1.165) is 6.26 Å². The van der Waals surface area contributed by atoms with Gasteiger partial charge >= 0.3 is 0 Å². The summed E-state index contributed by atoms with van der Waals surface area (Å²) in [5.41, 5.74) is 0.270. The average molecular weight is 451 g/mol. The Morgan fingerprint density at radius 1 is 1.17 bits per heavy atom. The molecular formula is C20H16ClFN2O5S. The molecule has 10 heteroatoms. The van der Waals surface area contributed by atoms with E-state index in [1.807, 2.05) is 0 Å². The minimum Gasteiger partial charge on any atom is -0.481 e. The number of carbonyl (C=O) groups excluding carboxylic acids is 1. The molecule has 0 bridgehead atoms. The largest absolute Gasteiger partial charge is 0.481 e. The summed E-state index contributed by atoms with van der Waals surface area (Å²) in [6.07, 6.45) is 2.30. The maximum absolute atomic E-state index is 15.1. The quantitative estimate of drug-likeness (QED) is 0.609. The third-order valence-electron chi connectivity index (χ3n) is 3.88. The molecule has 156 valence electrons. The fourth-order valence-corrected chi connectivity index (χ4v) is 3.19. The lowest BCUT2D eigenvalue weighted by atomic mass is 10.0. The fraction of sp³-hybridized carbons (Fsp3) is 0.100. The van der Waals surface area contributed by atoms with Gasteiger partial charge in [-0.05, 0) is 54.1 Å². The zero-order chi connectivity index (χ0) is 21.9. The lowest BCUT2D eigenvalue weighted by molar-refractivity contribution is 0.0977. The first-order valence-electron chi connectivity index (χ1n) is 8.46. The van der Waals surface area contributed by atoms with Crippen molar-refractivity contribution in [2.75, 3.05) is 13.4 Å². The molecule has 0 spiro atoms. The van der Waals surface area contributed by atoms with Crippen molar-refractivity contribution in [1.82, 2.24) is 9.71 Å². The van der Waals surface area contributed by atoms with Crippen LogP contribution in [0.4, 0.5) is 4.39 Å². The highest BCUT2D eigenvalue weighted by atomic mass is 35.5. The number of carbonyl (C=O) groups is 1. The monoisotopic (exact) mass is 450 g/mol. The number of pyridine rings is 1. The van der Waals surface area contributed by atoms with E-state index in [2.05, 4.69) is 4.98 Å². The van der Waals surface area contributed by atoms with E-state index in [1.54, 1.807) is 29.0 Å². The van der Waals surface area contributed by atoms with Crippen LogP contribution in [0.5, 0.6) is 17.4 Å². The number of hydrogen-bond donors (Lipinski definition) is 1. The summed E-state index contributed by atoms with van der Waals surface area (Å²) in [5, 5.41) is 0.463. The highest BCUT2D eigenvalue weighted by Gasteiger charge is 2.22. The number of nitrogens with one attached hydrogen (secondary N) is 1. The number of methoxy groups -OCH3 is 1. The van der Waals surface area contributed by atoms with Crippen molar-refractivity contribution < 1.29 is 27.1 Å². The first-order valence-corrected chi connectivity index (χ1v) is 10.7. The Labute approximate surface area is 177 Å². The third kappa shape index (κ3) is 5.05. The zero-order valence-corrected chi connectivity index (χ0v) is 17.4. The second-order valence-electron chi connectivity index (χ2n) is 6.16. The number of amides is 1. The van der Waals surface area contributed by atoms with Crippen molar-refractivity contribution in [3.05, 3.63) is 71.1 Å². The fourth-order valence-electron chi connectivity index (χ4n) is 2.62. The van der Waals surface area contributed by atoms with Gasteiger partial charge in [-0.15, -0.1) is 0 Å². The Balaban J connectivity index is 2.16. The van der Waals surface area contributed by atoms with Gasteiger partial charge in [0.05, 0.1) is 18.9 Å². The van der Waals surface area contributed by atoms with E-state index in [1.165, 1.54) is 37.6 Å². The molecule has 3 aromatic rings. The Bertz CT molecular complexity index is 1200. The van der Waals surface area contributed by atoms with E-state index in [9.17, 15) is 13.2 Å². The minimum atomic E-state index is -3.91. The smallest absolute Gasteiger partial charge is 0.267 e. The molecule has 0 saturated heterocycles. The Hall–Kier alpha value is -3.17. The minimum absolute atomic E-state index is 0.232. The van der Waals surface area contributed by atoms with Gasteiger partial charge in [0.25, 0.3) is 5.91 Å². The molecule has 0 atom stereocenters. The van der Waals surface area contributed by atoms with Gasteiger partial charge in [-0.25, -0.2) is 22.5 Å². The van der Waals surface area contributed by atoms with Crippen LogP contribution in [-0.4, -0.2) is 32.7 Å². The highest BCUT2D eigenvalue weighted by Crippen LogP contribution is 2.35. The van der Waals surface area contributed by atoms with Gasteiger partial charge in [0.1, 0.15) is 5.75 Å². The molecule has 1 aromatic heterocycles. The number of halogens is 2. The molecule has 1 N–H and O–H groups in total. The van der Waals surface area contributed by atoms with E-state index >= 15 is 4.39 Å². The molecule has 0 radical (unpaired) electrons. The van der Waals surface area contributed by atoms with Gasteiger partial charge in [0.15, 0.2) is 11.6 Å². The number of hydrogen-bond acceptors (Lipinski definition) is 6. The molecule has 7 nitrogen and oxygen atoms in total. The van der Waals surface area contributed by atoms with Crippen molar-refractivity contribution in [3.63, 3.8) is 0 Å². The number of benzene rings is 2. The second-order valence-corrected chi connectivity index (χ2v) is 8.34. The van der Waals surface area contributed by atoms with E-state index in [4.69, 9.17) is 21.1 Å². The molecule has 0 aliphatic carbocycles. The number of aromatic nitrogens is 1. The van der Waals surface area contributed by atoms with Crippen molar-refractivity contribution in [2.45, 2.75) is 0 Å². The SMILES string of the molecule is COc1ncccc1-c1cc(Oc2ccc(Cl)cc2)c(F)c(C(=O)NS(C)(=O)=O)c1. The molecule has 2 aromatic carbocycles. The van der Waals surface area contributed by atoms with Gasteiger partial charge in [-0.1, -0.05) is 11.6 Å². The standard InChI is InChI=1S/C20H16ClFN2O5S/c1-28-20-15(4-3-9-23-20)12-10-16(19(25)24-30(2,26)27)18(22)17(11-12)29-14-7-5-13(21)6-8-14/h3-11H,1-2H3,(H,24,25). The van der Waals surface area contributed by atoms with Crippen LogP contribution in [0, 0.1) is 5.82 Å². The molecule has 3 rings (SSSR count). The number of sulfonamides is 1. The van der Waals surface area contributed by atoms with Crippen LogP contribution in [0.15, 0.2) is 54.7 Å². The third-order valence-corrected chi connectivity index (χ3v) is 4.69. The maximum Gasteiger partial charge on any atom is 0.267 e. The predicted octanol–water partition coefficient (Wildman–Crippen LogP) is 4.03. The first-order chi connectivity index (χ1) is 14.2. The Morgan fingerprint density at radius 3 is 2.50 bits per heavy atom. The van der Waals surface area contributed by atoms with Crippen LogP contribution in [0.1, 0.15) is 10.4 Å². The topological polar surface area (TPSA) is 94.6 Å². The van der Waals surface area contributed by atoms with Crippen molar-refractivity contribution in [2.24, 2.45) is 0 Å². The summed E-state index contributed by atoms with van der Waals surface area (Å²) < 4.78 is 50.6. The molecule has 1 heterocycles. The summed E-state index contributed by atoms with van der Waals surface area (Å²) >= 11 is 5.85. The lowest BCUT2D eigenvalue weighted by Crippen LogP contribution is -2.30. The van der Waals surface area contributed by atoms with Gasteiger partial charge < -0.3 is 9.47 Å². The average Bonchev–Trinajstić information content (AvgIpc) is 2.69. The van der Waals surface area contributed by atoms with Gasteiger partial charge in [-0.2, -0.15) is 0 Å². The molecule has 1 amide bonds. The van der Waals surface area contributed by atoms with Gasteiger partial charge in [0, 0.05) is 16.8 Å². The molecule has 0 fully saturated rings. The number of ether oxygens (including phenoxy) is 2. The first kappa shape index (κ1) is 21.5. The van der Waals surface area contributed by atoms with E-state index < -0.39 is 27.3 Å². The van der Waals surface area contributed by atoms with Crippen LogP contribution >= 0.6 is 11.6 Å². The Morgan fingerprint density at radius 2 is 1.87 bits per heavy atom. The van der Waals surface area contributed by atoms with Crippen LogP contribution in [-0.2, 0) is 10.0 Å². The summed E-state index contributed by atoms with van der Waals surface area (Å²) in [6.45, 7) is 0. The van der Waals surface area contributed by atoms with Gasteiger partial charge in [-0.3, -0.25) is 4.79 Å². The number of rotatable bonds is 6. The summed E-state index contributed by atoms with van der Waals surface area (Å²) in [5.74, 6) is -1.96. The molecule has 0 aliphatic rings. The van der Waals surface area contributed by atoms with Crippen molar-refractivity contribution in [3.8, 4) is 28.5 Å². The van der Waals surface area contributed by atoms with Crippen LogP contribution in [0.3, 0.4) is 0 Å². The zero-order valence-electron chi connectivity index (χ0n) is 15.8. The van der Waals surface area contributed by atoms with Crippen LogP contribution in [0.2, 0.25) is 5.02 Å². The molecule has 0 aliphatic heterocycles. The van der Waals surface area contributed by atoms with Crippen molar-refractivity contribution >= 4 is 27.5 Å². The summed E-state index contributed by atoms with van der Waals surface area (Å²) in [7, 11) is -2.50. The van der Waals surface area contributed by atoms with Gasteiger partial charge in [0.2, 0.25) is 15.9 Å². The Kier molecular flexibility index (Phi) is 6.23. The van der Waals surface area contributed by atoms with Crippen LogP contribution < -0.4 is 14.2 Å². The van der Waals surface area contributed by atoms with E-state index in [0.29, 0.717) is 16.1 Å². The summed E-state index contributed by atoms with van der Waals surface area (Å²) in [4.78, 5) is 16.5. The molecule has 0 unspecified atom stereocenters. The summed E-state index contributed by atoms with van der Waals surface area (Å²) in [6, 6.07) is 12.0.